The molecule has 0 radical (unpaired) electrons. The Bertz CT molecular complexity index is 552. The van der Waals surface area contributed by atoms with E-state index in [1.165, 1.54) is 0 Å². The second kappa shape index (κ2) is 6.12. The fourth-order valence-corrected chi connectivity index (χ4v) is 2.10. The van der Waals surface area contributed by atoms with Gasteiger partial charge < -0.3 is 0 Å². The molecule has 0 saturated carbocycles. The van der Waals surface area contributed by atoms with Gasteiger partial charge in [-0.05, 0) is 42.8 Å². The maximum atomic E-state index is 6.11. The number of hydrogen-bond acceptors (Lipinski definition) is 2. The number of hydrogen-bond donors (Lipinski definition) is 0. The zero-order valence-corrected chi connectivity index (χ0v) is 12.2. The van der Waals surface area contributed by atoms with E-state index >= 15 is 0 Å². The molecule has 1 atom stereocenters. The molecule has 4 heteroatoms. The maximum Gasteiger partial charge on any atom is 0.0948 e. The van der Waals surface area contributed by atoms with Crippen LogP contribution in [0.2, 0.25) is 5.02 Å². The van der Waals surface area contributed by atoms with Crippen molar-refractivity contribution in [2.24, 2.45) is 10.2 Å². The molecular weight excluding hydrogens is 312 g/mol. The minimum atomic E-state index is -0.0534. The van der Waals surface area contributed by atoms with Crippen molar-refractivity contribution in [3.8, 4) is 0 Å². The summed E-state index contributed by atoms with van der Waals surface area (Å²) in [4.78, 5) is 0. The summed E-state index contributed by atoms with van der Waals surface area (Å²) < 4.78 is 1.03. The Balaban J connectivity index is 2.14. The summed E-state index contributed by atoms with van der Waals surface area (Å²) in [7, 11) is 0. The molecule has 2 rings (SSSR count). The van der Waals surface area contributed by atoms with Crippen LogP contribution in [0.1, 0.15) is 18.5 Å². The van der Waals surface area contributed by atoms with Crippen LogP contribution in [0, 0.1) is 0 Å². The van der Waals surface area contributed by atoms with Crippen LogP contribution >= 0.6 is 27.5 Å². The third-order valence-electron chi connectivity index (χ3n) is 2.53. The lowest BCUT2D eigenvalue weighted by atomic mass is 10.1. The van der Waals surface area contributed by atoms with Crippen molar-refractivity contribution in [2.45, 2.75) is 13.0 Å². The van der Waals surface area contributed by atoms with Crippen molar-refractivity contribution in [1.82, 2.24) is 0 Å². The third-order valence-corrected chi connectivity index (χ3v) is 3.40. The molecule has 0 aliphatic rings. The van der Waals surface area contributed by atoms with Crippen molar-refractivity contribution >= 4 is 33.2 Å². The molecule has 0 N–H and O–H groups in total. The Morgan fingerprint density at radius 2 is 1.72 bits per heavy atom. The van der Waals surface area contributed by atoms with Crippen molar-refractivity contribution in [3.05, 3.63) is 63.6 Å². The van der Waals surface area contributed by atoms with Gasteiger partial charge >= 0.3 is 0 Å². The highest BCUT2D eigenvalue weighted by molar-refractivity contribution is 9.10. The van der Waals surface area contributed by atoms with E-state index in [0.29, 0.717) is 0 Å². The van der Waals surface area contributed by atoms with E-state index in [2.05, 4.69) is 26.2 Å². The largest absolute Gasteiger partial charge is 0.181 e. The van der Waals surface area contributed by atoms with Gasteiger partial charge in [0.1, 0.15) is 0 Å². The molecule has 0 aromatic heterocycles. The van der Waals surface area contributed by atoms with Crippen LogP contribution in [0.5, 0.6) is 0 Å². The average Bonchev–Trinajstić information content (AvgIpc) is 2.38. The molecule has 2 nitrogen and oxygen atoms in total. The van der Waals surface area contributed by atoms with Crippen LogP contribution in [0.15, 0.2) is 63.2 Å². The summed E-state index contributed by atoms with van der Waals surface area (Å²) in [6, 6.07) is 15.3. The van der Waals surface area contributed by atoms with Crippen LogP contribution in [-0.2, 0) is 0 Å². The van der Waals surface area contributed by atoms with E-state index in [0.717, 1.165) is 20.7 Å². The standard InChI is InChI=1S/C14H12BrClN2/c1-10(13-4-2-3-5-14(13)16)17-18-12-8-6-11(15)7-9-12/h2-10H,1H3. The molecule has 0 bridgehead atoms. The fourth-order valence-electron chi connectivity index (χ4n) is 1.54. The van der Waals surface area contributed by atoms with Crippen LogP contribution in [0.4, 0.5) is 5.69 Å². The Hall–Kier alpha value is -1.19. The summed E-state index contributed by atoms with van der Waals surface area (Å²) in [6.45, 7) is 1.98. The third kappa shape index (κ3) is 3.40. The number of halogens is 2. The van der Waals surface area contributed by atoms with Gasteiger partial charge in [0.05, 0.1) is 11.7 Å². The first-order valence-corrected chi connectivity index (χ1v) is 6.75. The highest BCUT2D eigenvalue weighted by atomic mass is 79.9. The summed E-state index contributed by atoms with van der Waals surface area (Å²) in [5.41, 5.74) is 1.82. The second-order valence-electron chi connectivity index (χ2n) is 3.89. The first kappa shape index (κ1) is 13.2. The topological polar surface area (TPSA) is 24.7 Å². The number of rotatable bonds is 3. The maximum absolute atomic E-state index is 6.11. The molecule has 0 amide bonds. The van der Waals surface area contributed by atoms with Gasteiger partial charge in [0.15, 0.2) is 0 Å². The van der Waals surface area contributed by atoms with Gasteiger partial charge in [-0.15, -0.1) is 0 Å². The Kier molecular flexibility index (Phi) is 4.50. The smallest absolute Gasteiger partial charge is 0.0948 e. The fraction of sp³-hybridized carbons (Fsp3) is 0.143. The van der Waals surface area contributed by atoms with Gasteiger partial charge in [0, 0.05) is 9.50 Å². The van der Waals surface area contributed by atoms with E-state index in [4.69, 9.17) is 11.6 Å². The predicted octanol–water partition coefficient (Wildman–Crippen LogP) is 5.95. The molecular formula is C14H12BrClN2. The van der Waals surface area contributed by atoms with Crippen molar-refractivity contribution in [1.29, 1.82) is 0 Å². The minimum absolute atomic E-state index is 0.0534. The molecule has 2 aromatic carbocycles. The zero-order chi connectivity index (χ0) is 13.0. The molecule has 18 heavy (non-hydrogen) atoms. The van der Waals surface area contributed by atoms with Crippen LogP contribution in [0.3, 0.4) is 0 Å². The summed E-state index contributed by atoms with van der Waals surface area (Å²) >= 11 is 9.50. The lowest BCUT2D eigenvalue weighted by Gasteiger charge is -2.07. The van der Waals surface area contributed by atoms with Crippen molar-refractivity contribution < 1.29 is 0 Å². The van der Waals surface area contributed by atoms with Gasteiger partial charge in [-0.3, -0.25) is 0 Å². The number of azo groups is 1. The normalized spacial score (nSPS) is 12.8. The van der Waals surface area contributed by atoms with Crippen LogP contribution < -0.4 is 0 Å². The molecule has 92 valence electrons. The van der Waals surface area contributed by atoms with E-state index in [1.807, 2.05) is 55.5 Å². The van der Waals surface area contributed by atoms with Gasteiger partial charge in [-0.25, -0.2) is 0 Å². The summed E-state index contributed by atoms with van der Waals surface area (Å²) in [5, 5.41) is 9.21. The molecule has 0 heterocycles. The number of nitrogens with zero attached hydrogens (tertiary/aromatic N) is 2. The molecule has 0 saturated heterocycles. The molecule has 0 aliphatic heterocycles. The highest BCUT2D eigenvalue weighted by Gasteiger charge is 2.07. The van der Waals surface area contributed by atoms with E-state index in [1.54, 1.807) is 0 Å². The van der Waals surface area contributed by atoms with E-state index in [-0.39, 0.29) is 6.04 Å². The van der Waals surface area contributed by atoms with E-state index in [9.17, 15) is 0 Å². The molecule has 0 aliphatic carbocycles. The van der Waals surface area contributed by atoms with Gasteiger partial charge in [-0.2, -0.15) is 10.2 Å². The lowest BCUT2D eigenvalue weighted by molar-refractivity contribution is 0.764. The molecule has 2 aromatic rings. The van der Waals surface area contributed by atoms with Crippen molar-refractivity contribution in [2.75, 3.05) is 0 Å². The Labute approximate surface area is 120 Å². The van der Waals surface area contributed by atoms with Crippen molar-refractivity contribution in [3.63, 3.8) is 0 Å². The first-order valence-electron chi connectivity index (χ1n) is 5.57. The van der Waals surface area contributed by atoms with Gasteiger partial charge in [0.25, 0.3) is 0 Å². The minimum Gasteiger partial charge on any atom is -0.181 e. The second-order valence-corrected chi connectivity index (χ2v) is 5.21. The van der Waals surface area contributed by atoms with Gasteiger partial charge in [-0.1, -0.05) is 45.7 Å². The summed E-state index contributed by atoms with van der Waals surface area (Å²) in [5.74, 6) is 0. The zero-order valence-electron chi connectivity index (χ0n) is 9.85. The van der Waals surface area contributed by atoms with Gasteiger partial charge in [0.2, 0.25) is 0 Å². The highest BCUT2D eigenvalue weighted by Crippen LogP contribution is 2.26. The van der Waals surface area contributed by atoms with Crippen LogP contribution in [-0.4, -0.2) is 0 Å². The lowest BCUT2D eigenvalue weighted by Crippen LogP contribution is -1.89. The average molecular weight is 324 g/mol. The molecule has 0 spiro atoms. The van der Waals surface area contributed by atoms with E-state index < -0.39 is 0 Å². The van der Waals surface area contributed by atoms with Crippen LogP contribution in [0.25, 0.3) is 0 Å². The Morgan fingerprint density at radius 3 is 2.39 bits per heavy atom. The monoisotopic (exact) mass is 322 g/mol. The molecule has 1 unspecified atom stereocenters. The first-order chi connectivity index (χ1) is 8.66. The SMILES string of the molecule is CC(N=Nc1ccc(Br)cc1)c1ccccc1Cl. The predicted molar refractivity (Wildman–Crippen MR) is 78.5 cm³/mol. The number of benzene rings is 2. The molecule has 0 fully saturated rings. The summed E-state index contributed by atoms with van der Waals surface area (Å²) in [6.07, 6.45) is 0. The quantitative estimate of drug-likeness (QED) is 0.624. The Morgan fingerprint density at radius 1 is 1.06 bits per heavy atom.